The van der Waals surface area contributed by atoms with E-state index in [4.69, 9.17) is 9.72 Å². The molecule has 1 saturated heterocycles. The van der Waals surface area contributed by atoms with Crippen molar-refractivity contribution in [2.75, 3.05) is 61.9 Å². The molecule has 0 atom stereocenters. The number of rotatable bonds is 12. The van der Waals surface area contributed by atoms with Gasteiger partial charge in [0.25, 0.3) is 5.56 Å². The summed E-state index contributed by atoms with van der Waals surface area (Å²) < 4.78 is 7.36. The molecule has 0 unspecified atom stereocenters. The Labute approximate surface area is 316 Å². The number of benzene rings is 2. The molecule has 9 rings (SSSR count). The number of carbonyl (C=O) groups is 2. The van der Waals surface area contributed by atoms with Crippen molar-refractivity contribution in [3.05, 3.63) is 70.6 Å². The highest BCUT2D eigenvalue weighted by molar-refractivity contribution is 5.91. The number of nitrogens with one attached hydrogen (secondary N) is 3. The molecule has 4 bridgehead atoms. The van der Waals surface area contributed by atoms with Gasteiger partial charge in [0.2, 0.25) is 17.8 Å². The molecule has 2 amide bonds. The zero-order valence-electron chi connectivity index (χ0n) is 31.7. The van der Waals surface area contributed by atoms with Crippen LogP contribution in [0.4, 0.5) is 23.0 Å². The summed E-state index contributed by atoms with van der Waals surface area (Å²) in [6, 6.07) is 14.8. The van der Waals surface area contributed by atoms with E-state index in [1.165, 1.54) is 43.1 Å². The van der Waals surface area contributed by atoms with Crippen LogP contribution < -0.4 is 31.1 Å². The summed E-state index contributed by atoms with van der Waals surface area (Å²) in [6.45, 7) is 8.84. The van der Waals surface area contributed by atoms with Gasteiger partial charge in [0, 0.05) is 87.2 Å². The summed E-state index contributed by atoms with van der Waals surface area (Å²) >= 11 is 0. The molecule has 5 aliphatic rings. The van der Waals surface area contributed by atoms with Crippen LogP contribution in [0.15, 0.2) is 59.5 Å². The number of hydrogen-bond acceptors (Lipinski definition) is 9. The molecule has 3 heterocycles. The molecular formula is C42H52N8O4. The number of pyridine rings is 1. The summed E-state index contributed by atoms with van der Waals surface area (Å²) in [7, 11) is 1.65. The van der Waals surface area contributed by atoms with E-state index in [-0.39, 0.29) is 22.8 Å². The van der Waals surface area contributed by atoms with Gasteiger partial charge in [-0.1, -0.05) is 13.0 Å². The summed E-state index contributed by atoms with van der Waals surface area (Å²) in [5.41, 5.74) is 4.23. The maximum atomic E-state index is 13.4. The van der Waals surface area contributed by atoms with Crippen molar-refractivity contribution >= 4 is 45.9 Å². The Morgan fingerprint density at radius 2 is 1.67 bits per heavy atom. The van der Waals surface area contributed by atoms with Gasteiger partial charge in [-0.25, -0.2) is 4.98 Å². The van der Waals surface area contributed by atoms with Gasteiger partial charge in [-0.3, -0.25) is 23.9 Å². The highest BCUT2D eigenvalue weighted by Crippen LogP contribution is 2.61. The van der Waals surface area contributed by atoms with Crippen molar-refractivity contribution in [1.82, 2.24) is 24.8 Å². The molecule has 4 saturated carbocycles. The number of anilines is 4. The highest BCUT2D eigenvalue weighted by atomic mass is 16.5. The third-order valence-corrected chi connectivity index (χ3v) is 12.3. The number of amides is 2. The number of hydrogen-bond donors (Lipinski definition) is 3. The highest BCUT2D eigenvalue weighted by Gasteiger charge is 2.51. The Kier molecular flexibility index (Phi) is 10.0. The Hall–Kier alpha value is -4.97. The van der Waals surface area contributed by atoms with Gasteiger partial charge >= 0.3 is 0 Å². The van der Waals surface area contributed by atoms with Crippen LogP contribution in [0.3, 0.4) is 0 Å². The molecular weight excluding hydrogens is 681 g/mol. The van der Waals surface area contributed by atoms with Gasteiger partial charge in [-0.05, 0) is 105 Å². The van der Waals surface area contributed by atoms with Crippen LogP contribution in [-0.4, -0.2) is 77.6 Å². The Bertz CT molecular complexity index is 2070. The minimum absolute atomic E-state index is 0.108. The molecule has 3 N–H and O–H groups in total. The van der Waals surface area contributed by atoms with Crippen LogP contribution in [-0.2, 0) is 9.59 Å². The van der Waals surface area contributed by atoms with Crippen LogP contribution >= 0.6 is 0 Å². The normalized spacial score (nSPS) is 23.4. The quantitative estimate of drug-likeness (QED) is 0.160. The van der Waals surface area contributed by atoms with E-state index in [0.717, 1.165) is 73.5 Å². The number of carbonyl (C=O) groups excluding carboxylic acids is 2. The molecule has 1 aliphatic heterocycles. The molecule has 12 nitrogen and oxygen atoms in total. The van der Waals surface area contributed by atoms with E-state index in [1.807, 2.05) is 25.1 Å². The Morgan fingerprint density at radius 3 is 2.37 bits per heavy atom. The SMILES string of the molecule is CCC(=O)Nc1cccc(-n2c(=O)cc(C)c3cnc(Nc4ccc(N5CCN(CCNC(=O)CC67CC8CC(CC(C8)C6)C7)CC5)cc4OC)nc32)c1. The van der Waals surface area contributed by atoms with Crippen molar-refractivity contribution in [3.8, 4) is 11.4 Å². The zero-order chi connectivity index (χ0) is 37.4. The Balaban J connectivity index is 0.890. The van der Waals surface area contributed by atoms with Gasteiger partial charge in [0.1, 0.15) is 5.75 Å². The monoisotopic (exact) mass is 732 g/mol. The largest absolute Gasteiger partial charge is 0.494 e. The van der Waals surface area contributed by atoms with Crippen molar-refractivity contribution in [3.63, 3.8) is 0 Å². The molecule has 0 radical (unpaired) electrons. The molecule has 4 aromatic rings. The van der Waals surface area contributed by atoms with Gasteiger partial charge in [-0.15, -0.1) is 0 Å². The third-order valence-electron chi connectivity index (χ3n) is 12.3. The van der Waals surface area contributed by atoms with E-state index < -0.39 is 0 Å². The number of piperazine rings is 1. The van der Waals surface area contributed by atoms with Crippen molar-refractivity contribution in [2.45, 2.75) is 65.2 Å². The molecule has 54 heavy (non-hydrogen) atoms. The third kappa shape index (κ3) is 7.53. The van der Waals surface area contributed by atoms with Gasteiger partial charge in [0.15, 0.2) is 5.65 Å². The summed E-state index contributed by atoms with van der Waals surface area (Å²) in [5.74, 6) is 3.73. The second-order valence-electron chi connectivity index (χ2n) is 16.2. The molecule has 4 aliphatic carbocycles. The number of aryl methyl sites for hydroxylation is 1. The number of methoxy groups -OCH3 is 1. The predicted molar refractivity (Wildman–Crippen MR) is 212 cm³/mol. The van der Waals surface area contributed by atoms with E-state index >= 15 is 0 Å². The maximum Gasteiger partial charge on any atom is 0.257 e. The minimum atomic E-state index is -0.233. The number of fused-ring (bicyclic) bond motifs is 1. The fraction of sp³-hybridized carbons (Fsp3) is 0.500. The first kappa shape index (κ1) is 36.0. The molecule has 5 fully saturated rings. The van der Waals surface area contributed by atoms with Crippen LogP contribution in [0, 0.1) is 30.1 Å². The number of ether oxygens (including phenoxy) is 1. The average Bonchev–Trinajstić information content (AvgIpc) is 3.14. The Morgan fingerprint density at radius 1 is 0.926 bits per heavy atom. The maximum absolute atomic E-state index is 13.4. The second kappa shape index (κ2) is 15.0. The molecule has 2 aromatic heterocycles. The smallest absolute Gasteiger partial charge is 0.257 e. The lowest BCUT2D eigenvalue weighted by molar-refractivity contribution is -0.129. The van der Waals surface area contributed by atoms with Gasteiger partial charge in [-0.2, -0.15) is 4.98 Å². The first-order valence-corrected chi connectivity index (χ1v) is 19.7. The van der Waals surface area contributed by atoms with Crippen molar-refractivity contribution in [2.24, 2.45) is 23.2 Å². The van der Waals surface area contributed by atoms with Crippen LogP contribution in [0.1, 0.15) is 63.9 Å². The first-order chi connectivity index (χ1) is 26.2. The summed E-state index contributed by atoms with van der Waals surface area (Å²) in [5, 5.41) is 10.2. The zero-order valence-corrected chi connectivity index (χ0v) is 31.7. The van der Waals surface area contributed by atoms with Crippen molar-refractivity contribution in [1.29, 1.82) is 0 Å². The molecule has 12 heteroatoms. The van der Waals surface area contributed by atoms with Crippen LogP contribution in [0.25, 0.3) is 16.7 Å². The first-order valence-electron chi connectivity index (χ1n) is 19.7. The summed E-state index contributed by atoms with van der Waals surface area (Å²) in [6.07, 6.45) is 10.8. The lowest BCUT2D eigenvalue weighted by Gasteiger charge is -2.56. The molecule has 2 aromatic carbocycles. The van der Waals surface area contributed by atoms with Gasteiger partial charge in [0.05, 0.1) is 18.5 Å². The predicted octanol–water partition coefficient (Wildman–Crippen LogP) is 6.03. The van der Waals surface area contributed by atoms with Gasteiger partial charge < -0.3 is 25.6 Å². The van der Waals surface area contributed by atoms with Crippen LogP contribution in [0.5, 0.6) is 5.75 Å². The average molecular weight is 733 g/mol. The van der Waals surface area contributed by atoms with E-state index in [0.29, 0.717) is 47.4 Å². The lowest BCUT2D eigenvalue weighted by atomic mass is 9.49. The van der Waals surface area contributed by atoms with E-state index in [9.17, 15) is 14.4 Å². The van der Waals surface area contributed by atoms with Crippen LogP contribution in [0.2, 0.25) is 0 Å². The molecule has 0 spiro atoms. The summed E-state index contributed by atoms with van der Waals surface area (Å²) in [4.78, 5) is 52.6. The second-order valence-corrected chi connectivity index (χ2v) is 16.2. The molecule has 284 valence electrons. The van der Waals surface area contributed by atoms with E-state index in [2.05, 4.69) is 36.8 Å². The topological polar surface area (TPSA) is 134 Å². The number of nitrogens with zero attached hydrogens (tertiary/aromatic N) is 5. The van der Waals surface area contributed by atoms with Crippen molar-refractivity contribution < 1.29 is 14.3 Å². The number of aromatic nitrogens is 3. The fourth-order valence-electron chi connectivity index (χ4n) is 10.1. The van der Waals surface area contributed by atoms with E-state index in [1.54, 1.807) is 44.5 Å². The lowest BCUT2D eigenvalue weighted by Crippen LogP contribution is -2.50. The standard InChI is InChI=1S/C42H52N8O4/c1-4-37(51)45-31-6-5-7-33(20-31)50-39(53)16-27(2)34-26-44-41(47-40(34)50)46-35-9-8-32(21-36(35)54-3)49-14-12-48(13-15-49)11-10-43-38(52)25-42-22-28-17-29(23-42)19-30(18-28)24-42/h5-9,16,20-21,26,28-30H,4,10-15,17-19,22-25H2,1-3H3,(H,43,52)(H,45,51)(H,44,46,47). The minimum Gasteiger partial charge on any atom is -0.494 e. The fourth-order valence-corrected chi connectivity index (χ4v) is 10.1.